The van der Waals surface area contributed by atoms with Crippen molar-refractivity contribution in [3.05, 3.63) is 63.7 Å². The van der Waals surface area contributed by atoms with Crippen LogP contribution in [0.2, 0.25) is 0 Å². The summed E-state index contributed by atoms with van der Waals surface area (Å²) in [6.07, 6.45) is 3.57. The molecule has 2 aromatic carbocycles. The van der Waals surface area contributed by atoms with Crippen molar-refractivity contribution >= 4 is 34.8 Å². The van der Waals surface area contributed by atoms with Crippen LogP contribution in [0, 0.1) is 10.1 Å². The second-order valence-electron chi connectivity index (χ2n) is 7.30. The van der Waals surface area contributed by atoms with E-state index >= 15 is 0 Å². The summed E-state index contributed by atoms with van der Waals surface area (Å²) in [6.45, 7) is 1.51. The molecule has 154 valence electrons. The molecule has 0 bridgehead atoms. The number of benzene rings is 2. The number of hydrogen-bond donors (Lipinski definition) is 1. The zero-order valence-electron chi connectivity index (χ0n) is 16.2. The van der Waals surface area contributed by atoms with Crippen LogP contribution in [0.25, 0.3) is 0 Å². The highest BCUT2D eigenvalue weighted by Gasteiger charge is 2.41. The smallest absolute Gasteiger partial charge is 0.282 e. The Bertz CT molecular complexity index is 1030. The Hall–Kier alpha value is -3.75. The molecule has 0 aliphatic carbocycles. The number of nitro benzene ring substituents is 1. The first-order valence-corrected chi connectivity index (χ1v) is 9.74. The monoisotopic (exact) mass is 408 g/mol. The van der Waals surface area contributed by atoms with Crippen molar-refractivity contribution in [1.29, 1.82) is 0 Å². The fourth-order valence-corrected chi connectivity index (χ4v) is 3.86. The third-order valence-corrected chi connectivity index (χ3v) is 5.35. The predicted octanol–water partition coefficient (Wildman–Crippen LogP) is 2.82. The number of anilines is 2. The lowest BCUT2D eigenvalue weighted by molar-refractivity contribution is -0.385. The van der Waals surface area contributed by atoms with Gasteiger partial charge in [0.25, 0.3) is 17.5 Å². The number of nitrogens with zero attached hydrogens (tertiary/aromatic N) is 3. The summed E-state index contributed by atoms with van der Waals surface area (Å²) >= 11 is 0. The number of fused-ring (bicyclic) bond motifs is 1. The van der Waals surface area contributed by atoms with E-state index in [-0.39, 0.29) is 11.1 Å². The Morgan fingerprint density at radius 3 is 2.37 bits per heavy atom. The van der Waals surface area contributed by atoms with Gasteiger partial charge in [-0.15, -0.1) is 0 Å². The highest BCUT2D eigenvalue weighted by atomic mass is 16.6. The molecule has 0 radical (unpaired) electrons. The van der Waals surface area contributed by atoms with Gasteiger partial charge in [0.05, 0.1) is 10.5 Å². The number of nitro groups is 1. The van der Waals surface area contributed by atoms with Gasteiger partial charge in [-0.05, 0) is 49.6 Å². The minimum absolute atomic E-state index is 0.0621. The molecule has 9 heteroatoms. The molecule has 0 aromatic heterocycles. The molecule has 2 aliphatic heterocycles. The van der Waals surface area contributed by atoms with Gasteiger partial charge in [-0.2, -0.15) is 0 Å². The van der Waals surface area contributed by atoms with E-state index < -0.39 is 34.9 Å². The lowest BCUT2D eigenvalue weighted by Gasteiger charge is -2.28. The minimum atomic E-state index is -0.835. The SMILES string of the molecule is O=C(CN1C(=O)c2cccc([N+](=O)[O-])c2C1=O)Nc1ccc(N2CCCCC2)cc1. The number of imide groups is 1. The topological polar surface area (TPSA) is 113 Å². The summed E-state index contributed by atoms with van der Waals surface area (Å²) in [7, 11) is 0. The summed E-state index contributed by atoms with van der Waals surface area (Å²) in [5, 5.41) is 13.8. The van der Waals surface area contributed by atoms with E-state index in [9.17, 15) is 24.5 Å². The Balaban J connectivity index is 1.43. The molecule has 2 aliphatic rings. The van der Waals surface area contributed by atoms with Crippen molar-refractivity contribution in [3.63, 3.8) is 0 Å². The zero-order chi connectivity index (χ0) is 21.3. The maximum atomic E-state index is 12.6. The van der Waals surface area contributed by atoms with E-state index in [4.69, 9.17) is 0 Å². The van der Waals surface area contributed by atoms with Gasteiger partial charge >= 0.3 is 0 Å². The van der Waals surface area contributed by atoms with Gasteiger partial charge in [-0.25, -0.2) is 0 Å². The highest BCUT2D eigenvalue weighted by Crippen LogP contribution is 2.30. The fraction of sp³-hybridized carbons (Fsp3) is 0.286. The van der Waals surface area contributed by atoms with Gasteiger partial charge in [0.1, 0.15) is 12.1 Å². The van der Waals surface area contributed by atoms with Crippen LogP contribution in [0.4, 0.5) is 17.1 Å². The Labute approximate surface area is 172 Å². The van der Waals surface area contributed by atoms with Crippen LogP contribution in [0.1, 0.15) is 40.0 Å². The molecule has 2 aromatic rings. The molecule has 0 spiro atoms. The van der Waals surface area contributed by atoms with Gasteiger partial charge in [-0.3, -0.25) is 29.4 Å². The lowest BCUT2D eigenvalue weighted by atomic mass is 10.1. The van der Waals surface area contributed by atoms with E-state index in [1.807, 2.05) is 12.1 Å². The van der Waals surface area contributed by atoms with Crippen LogP contribution in [0.3, 0.4) is 0 Å². The molecule has 9 nitrogen and oxygen atoms in total. The average Bonchev–Trinajstić information content (AvgIpc) is 2.99. The molecular weight excluding hydrogens is 388 g/mol. The van der Waals surface area contributed by atoms with E-state index in [1.54, 1.807) is 12.1 Å². The quantitative estimate of drug-likeness (QED) is 0.462. The first kappa shape index (κ1) is 19.6. The maximum absolute atomic E-state index is 12.6. The Morgan fingerprint density at radius 1 is 1.00 bits per heavy atom. The van der Waals surface area contributed by atoms with Crippen molar-refractivity contribution in [2.45, 2.75) is 19.3 Å². The number of hydrogen-bond acceptors (Lipinski definition) is 6. The molecule has 1 fully saturated rings. The van der Waals surface area contributed by atoms with E-state index in [2.05, 4.69) is 10.2 Å². The van der Waals surface area contributed by atoms with Gasteiger partial charge < -0.3 is 10.2 Å². The van der Waals surface area contributed by atoms with Crippen molar-refractivity contribution in [1.82, 2.24) is 4.90 Å². The van der Waals surface area contributed by atoms with E-state index in [0.717, 1.165) is 42.6 Å². The number of amides is 3. The second kappa shape index (κ2) is 7.94. The van der Waals surface area contributed by atoms with Gasteiger partial charge in [0.15, 0.2) is 0 Å². The number of nitrogens with one attached hydrogen (secondary N) is 1. The molecule has 1 N–H and O–H groups in total. The van der Waals surface area contributed by atoms with Crippen molar-refractivity contribution in [2.75, 3.05) is 29.9 Å². The average molecular weight is 408 g/mol. The molecule has 3 amide bonds. The van der Waals surface area contributed by atoms with Crippen molar-refractivity contribution in [2.24, 2.45) is 0 Å². The molecule has 30 heavy (non-hydrogen) atoms. The third-order valence-electron chi connectivity index (χ3n) is 5.35. The lowest BCUT2D eigenvalue weighted by Crippen LogP contribution is -2.37. The largest absolute Gasteiger partial charge is 0.372 e. The second-order valence-corrected chi connectivity index (χ2v) is 7.30. The molecule has 1 saturated heterocycles. The Morgan fingerprint density at radius 2 is 1.70 bits per heavy atom. The van der Waals surface area contributed by atoms with Crippen LogP contribution in [-0.4, -0.2) is 47.2 Å². The molecule has 4 rings (SSSR count). The number of carbonyl (C=O) groups is 3. The number of carbonyl (C=O) groups excluding carboxylic acids is 3. The molecule has 0 unspecified atom stereocenters. The highest BCUT2D eigenvalue weighted by molar-refractivity contribution is 6.24. The van der Waals surface area contributed by atoms with Gasteiger partial charge in [-0.1, -0.05) is 6.07 Å². The molecule has 2 heterocycles. The summed E-state index contributed by atoms with van der Waals surface area (Å²) in [6, 6.07) is 11.2. The minimum Gasteiger partial charge on any atom is -0.372 e. The fourth-order valence-electron chi connectivity index (χ4n) is 3.86. The summed E-state index contributed by atoms with van der Waals surface area (Å²) < 4.78 is 0. The number of rotatable bonds is 5. The first-order chi connectivity index (χ1) is 14.5. The van der Waals surface area contributed by atoms with Crippen molar-refractivity contribution < 1.29 is 19.3 Å². The molecule has 0 atom stereocenters. The maximum Gasteiger partial charge on any atom is 0.282 e. The van der Waals surface area contributed by atoms with Crippen LogP contribution in [-0.2, 0) is 4.79 Å². The third kappa shape index (κ3) is 3.61. The van der Waals surface area contributed by atoms with Crippen molar-refractivity contribution in [3.8, 4) is 0 Å². The summed E-state index contributed by atoms with van der Waals surface area (Å²) in [5.41, 5.74) is 0.852. The molecular formula is C21H20N4O5. The van der Waals surface area contributed by atoms with Crippen LogP contribution in [0.5, 0.6) is 0 Å². The Kier molecular flexibility index (Phi) is 5.18. The normalized spacial score (nSPS) is 15.9. The number of piperidine rings is 1. The van der Waals surface area contributed by atoms with Gasteiger partial charge in [0, 0.05) is 30.5 Å². The molecule has 0 saturated carbocycles. The first-order valence-electron chi connectivity index (χ1n) is 9.74. The predicted molar refractivity (Wildman–Crippen MR) is 110 cm³/mol. The van der Waals surface area contributed by atoms with Crippen LogP contribution < -0.4 is 10.2 Å². The van der Waals surface area contributed by atoms with Crippen LogP contribution in [0.15, 0.2) is 42.5 Å². The van der Waals surface area contributed by atoms with Crippen LogP contribution >= 0.6 is 0 Å². The zero-order valence-corrected chi connectivity index (χ0v) is 16.2. The summed E-state index contributed by atoms with van der Waals surface area (Å²) in [5.74, 6) is -2.11. The summed E-state index contributed by atoms with van der Waals surface area (Å²) in [4.78, 5) is 50.9. The standard InChI is InChI=1S/C21H20N4O5/c26-18(22-14-7-9-15(10-8-14)23-11-2-1-3-12-23)13-24-20(27)16-5-4-6-17(25(29)30)19(16)21(24)28/h4-10H,1-3,11-13H2,(H,22,26). The van der Waals surface area contributed by atoms with Gasteiger partial charge in [0.2, 0.25) is 5.91 Å². The van der Waals surface area contributed by atoms with E-state index in [1.165, 1.54) is 18.6 Å². The van der Waals surface area contributed by atoms with E-state index in [0.29, 0.717) is 5.69 Å².